The Balaban J connectivity index is 1.80. The van der Waals surface area contributed by atoms with Gasteiger partial charge in [0, 0.05) is 12.0 Å². The van der Waals surface area contributed by atoms with Gasteiger partial charge in [0.25, 0.3) is 0 Å². The molecular weight excluding hydrogens is 364 g/mol. The standard InChI is InChI=1S/C25H28O4/c1-16(2)8-7-9-17(3)21-15-20-22(29-21)14-19(23(24(20)26)25(27)28)13-12-18-10-5-4-6-11-18/h4-6,8,10-11,14,21,26H,3,7,9,12-13,15H2,1-2H3,(H,27,28). The normalized spacial score (nSPS) is 14.8. The lowest BCUT2D eigenvalue weighted by Crippen LogP contribution is -2.15. The number of allylic oxidation sites excluding steroid dienone is 2. The van der Waals surface area contributed by atoms with Crippen molar-refractivity contribution in [2.45, 2.75) is 52.1 Å². The first kappa shape index (κ1) is 20.7. The maximum atomic E-state index is 11.8. The van der Waals surface area contributed by atoms with E-state index < -0.39 is 5.97 Å². The van der Waals surface area contributed by atoms with Crippen molar-refractivity contribution < 1.29 is 19.7 Å². The van der Waals surface area contributed by atoms with Crippen LogP contribution >= 0.6 is 0 Å². The van der Waals surface area contributed by atoms with Crippen molar-refractivity contribution in [3.05, 3.63) is 82.5 Å². The number of ether oxygens (including phenoxy) is 1. The summed E-state index contributed by atoms with van der Waals surface area (Å²) in [5.41, 5.74) is 4.49. The minimum absolute atomic E-state index is 0.0147. The van der Waals surface area contributed by atoms with E-state index in [1.54, 1.807) is 6.07 Å². The number of carboxylic acids is 1. The van der Waals surface area contributed by atoms with Gasteiger partial charge in [0.15, 0.2) is 0 Å². The van der Waals surface area contributed by atoms with Gasteiger partial charge in [0.1, 0.15) is 23.2 Å². The Kier molecular flexibility index (Phi) is 6.42. The lowest BCUT2D eigenvalue weighted by atomic mass is 9.94. The number of rotatable bonds is 8. The van der Waals surface area contributed by atoms with Crippen molar-refractivity contribution in [1.82, 2.24) is 0 Å². The molecule has 0 aliphatic carbocycles. The van der Waals surface area contributed by atoms with E-state index >= 15 is 0 Å². The quantitative estimate of drug-likeness (QED) is 0.584. The topological polar surface area (TPSA) is 66.8 Å². The van der Waals surface area contributed by atoms with Gasteiger partial charge in [-0.25, -0.2) is 4.79 Å². The maximum absolute atomic E-state index is 11.8. The summed E-state index contributed by atoms with van der Waals surface area (Å²) in [6, 6.07) is 11.7. The number of fused-ring (bicyclic) bond motifs is 1. The molecule has 29 heavy (non-hydrogen) atoms. The molecule has 0 saturated heterocycles. The van der Waals surface area contributed by atoms with Crippen LogP contribution < -0.4 is 4.74 Å². The van der Waals surface area contributed by atoms with E-state index in [0.29, 0.717) is 36.1 Å². The van der Waals surface area contributed by atoms with Gasteiger partial charge >= 0.3 is 5.97 Å². The summed E-state index contributed by atoms with van der Waals surface area (Å²) in [7, 11) is 0. The minimum atomic E-state index is -1.11. The monoisotopic (exact) mass is 392 g/mol. The number of aromatic carboxylic acids is 1. The largest absolute Gasteiger partial charge is 0.507 e. The van der Waals surface area contributed by atoms with Crippen LogP contribution in [0, 0.1) is 0 Å². The molecule has 0 radical (unpaired) electrons. The summed E-state index contributed by atoms with van der Waals surface area (Å²) in [5.74, 6) is -0.708. The highest BCUT2D eigenvalue weighted by Gasteiger charge is 2.31. The zero-order chi connectivity index (χ0) is 21.0. The molecule has 1 aliphatic rings. The maximum Gasteiger partial charge on any atom is 0.339 e. The Labute approximate surface area is 172 Å². The molecule has 4 nitrogen and oxygen atoms in total. The van der Waals surface area contributed by atoms with Crippen LogP contribution in [0.1, 0.15) is 53.7 Å². The molecule has 0 amide bonds. The third-order valence-electron chi connectivity index (χ3n) is 5.32. The lowest BCUT2D eigenvalue weighted by Gasteiger charge is -2.14. The van der Waals surface area contributed by atoms with Crippen LogP contribution in [0.15, 0.2) is 60.2 Å². The van der Waals surface area contributed by atoms with Gasteiger partial charge < -0.3 is 14.9 Å². The highest BCUT2D eigenvalue weighted by Crippen LogP contribution is 2.42. The first-order valence-electron chi connectivity index (χ1n) is 9.99. The highest BCUT2D eigenvalue weighted by atomic mass is 16.5. The summed E-state index contributed by atoms with van der Waals surface area (Å²) in [5, 5.41) is 20.4. The summed E-state index contributed by atoms with van der Waals surface area (Å²) >= 11 is 0. The molecule has 3 rings (SSSR count). The number of hydrogen-bond acceptors (Lipinski definition) is 3. The Morgan fingerprint density at radius 3 is 2.62 bits per heavy atom. The van der Waals surface area contributed by atoms with Gasteiger partial charge in [-0.3, -0.25) is 0 Å². The third kappa shape index (κ3) is 4.89. The zero-order valence-corrected chi connectivity index (χ0v) is 17.1. The Morgan fingerprint density at radius 2 is 1.97 bits per heavy atom. The number of carbonyl (C=O) groups is 1. The molecule has 1 heterocycles. The van der Waals surface area contributed by atoms with Gasteiger partial charge in [-0.1, -0.05) is 48.6 Å². The fourth-order valence-electron chi connectivity index (χ4n) is 3.71. The van der Waals surface area contributed by atoms with Crippen molar-refractivity contribution in [2.24, 2.45) is 0 Å². The van der Waals surface area contributed by atoms with Crippen molar-refractivity contribution in [2.75, 3.05) is 0 Å². The highest BCUT2D eigenvalue weighted by molar-refractivity contribution is 5.94. The molecule has 4 heteroatoms. The van der Waals surface area contributed by atoms with Gasteiger partial charge in [0.05, 0.1) is 0 Å². The average molecular weight is 392 g/mol. The summed E-state index contributed by atoms with van der Waals surface area (Å²) < 4.78 is 6.06. The lowest BCUT2D eigenvalue weighted by molar-refractivity contribution is 0.0692. The molecule has 0 aromatic heterocycles. The van der Waals surface area contributed by atoms with E-state index in [1.165, 1.54) is 5.57 Å². The molecule has 152 valence electrons. The molecule has 1 unspecified atom stereocenters. The predicted molar refractivity (Wildman–Crippen MR) is 115 cm³/mol. The van der Waals surface area contributed by atoms with Gasteiger partial charge in [-0.2, -0.15) is 0 Å². The van der Waals surface area contributed by atoms with Crippen LogP contribution in [0.2, 0.25) is 0 Å². The summed E-state index contributed by atoms with van der Waals surface area (Å²) in [6.45, 7) is 8.28. The molecule has 0 fully saturated rings. The molecule has 1 atom stereocenters. The first-order valence-corrected chi connectivity index (χ1v) is 9.99. The molecule has 0 bridgehead atoms. The fourth-order valence-corrected chi connectivity index (χ4v) is 3.71. The van der Waals surface area contributed by atoms with Crippen molar-refractivity contribution in [3.63, 3.8) is 0 Å². The van der Waals surface area contributed by atoms with E-state index in [9.17, 15) is 15.0 Å². The third-order valence-corrected chi connectivity index (χ3v) is 5.32. The van der Waals surface area contributed by atoms with Crippen LogP contribution in [-0.2, 0) is 19.3 Å². The van der Waals surface area contributed by atoms with Crippen LogP contribution in [0.5, 0.6) is 11.5 Å². The molecule has 0 spiro atoms. The van der Waals surface area contributed by atoms with E-state index in [4.69, 9.17) is 4.74 Å². The number of aromatic hydroxyl groups is 1. The molecule has 2 aromatic rings. The summed E-state index contributed by atoms with van der Waals surface area (Å²) in [4.78, 5) is 11.8. The number of phenols is 1. The minimum Gasteiger partial charge on any atom is -0.507 e. The number of aryl methyl sites for hydroxylation is 2. The SMILES string of the molecule is C=C(CCC=C(C)C)C1Cc2c(cc(CCc3ccccc3)c(C(=O)O)c2O)O1. The van der Waals surface area contributed by atoms with Crippen LogP contribution in [0.3, 0.4) is 0 Å². The Morgan fingerprint density at radius 1 is 1.24 bits per heavy atom. The van der Waals surface area contributed by atoms with Crippen molar-refractivity contribution in [3.8, 4) is 11.5 Å². The first-order chi connectivity index (χ1) is 13.9. The van der Waals surface area contributed by atoms with Crippen LogP contribution in [0.25, 0.3) is 0 Å². The van der Waals surface area contributed by atoms with Crippen molar-refractivity contribution >= 4 is 5.97 Å². The predicted octanol–water partition coefficient (Wildman–Crippen LogP) is 5.48. The van der Waals surface area contributed by atoms with Crippen LogP contribution in [-0.4, -0.2) is 22.3 Å². The Bertz CT molecular complexity index is 937. The number of hydrogen-bond donors (Lipinski definition) is 2. The molecule has 2 aromatic carbocycles. The van der Waals surface area contributed by atoms with Gasteiger partial charge in [-0.15, -0.1) is 0 Å². The fraction of sp³-hybridized carbons (Fsp3) is 0.320. The van der Waals surface area contributed by atoms with Crippen LogP contribution in [0.4, 0.5) is 0 Å². The molecule has 2 N–H and O–H groups in total. The van der Waals surface area contributed by atoms with E-state index in [1.807, 2.05) is 30.3 Å². The van der Waals surface area contributed by atoms with E-state index in [0.717, 1.165) is 24.0 Å². The van der Waals surface area contributed by atoms with Crippen molar-refractivity contribution in [1.29, 1.82) is 0 Å². The Hall–Kier alpha value is -3.01. The smallest absolute Gasteiger partial charge is 0.339 e. The molecular formula is C25H28O4. The zero-order valence-electron chi connectivity index (χ0n) is 17.1. The second-order valence-corrected chi connectivity index (χ2v) is 7.82. The number of carboxylic acid groups (broad SMARTS) is 1. The van der Waals surface area contributed by atoms with Gasteiger partial charge in [-0.05, 0) is 62.3 Å². The molecule has 1 aliphatic heterocycles. The number of benzene rings is 2. The second kappa shape index (κ2) is 8.99. The summed E-state index contributed by atoms with van der Waals surface area (Å²) in [6.07, 6.45) is 5.29. The van der Waals surface area contributed by atoms with E-state index in [-0.39, 0.29) is 17.4 Å². The second-order valence-electron chi connectivity index (χ2n) is 7.82. The van der Waals surface area contributed by atoms with Gasteiger partial charge in [0.2, 0.25) is 0 Å². The average Bonchev–Trinajstić information content (AvgIpc) is 3.11. The molecule has 0 saturated carbocycles. The van der Waals surface area contributed by atoms with E-state index in [2.05, 4.69) is 26.5 Å².